The van der Waals surface area contributed by atoms with Crippen molar-refractivity contribution in [3.05, 3.63) is 101 Å². The third kappa shape index (κ3) is 13.3. The summed E-state index contributed by atoms with van der Waals surface area (Å²) in [6, 6.07) is 11.2. The average molecular weight is 1060 g/mol. The molecule has 402 valence electrons. The molecule has 6 aromatic rings. The predicted octanol–water partition coefficient (Wildman–Crippen LogP) is 7.75. The van der Waals surface area contributed by atoms with E-state index in [2.05, 4.69) is 41.4 Å². The van der Waals surface area contributed by atoms with Gasteiger partial charge < -0.3 is 31.1 Å². The number of nitrogens with zero attached hydrogens (tertiary/aromatic N) is 8. The first-order valence-electron chi connectivity index (χ1n) is 26.8. The van der Waals surface area contributed by atoms with Crippen LogP contribution in [0.25, 0.3) is 27.3 Å². The van der Waals surface area contributed by atoms with Crippen LogP contribution < -0.4 is 21.3 Å². The summed E-state index contributed by atoms with van der Waals surface area (Å²) in [5.41, 5.74) is 7.93. The number of carbonyl (C=O) groups excluding carboxylic acids is 5. The Labute approximate surface area is 447 Å². The molecule has 9 rings (SSSR count). The smallest absolute Gasteiger partial charge is 0.254 e. The molecule has 1 saturated carbocycles. The fourth-order valence-corrected chi connectivity index (χ4v) is 10.9. The molecule has 18 nitrogen and oxygen atoms in total. The fourth-order valence-electron chi connectivity index (χ4n) is 10.1. The summed E-state index contributed by atoms with van der Waals surface area (Å²) in [6.45, 7) is 11.3. The van der Waals surface area contributed by atoms with Crippen molar-refractivity contribution in [2.24, 2.45) is 5.41 Å². The number of aromatic nitrogens is 6. The number of hydrogen-bond donors (Lipinski definition) is 5. The Hall–Kier alpha value is -7.06. The first-order chi connectivity index (χ1) is 36.7. The summed E-state index contributed by atoms with van der Waals surface area (Å²) in [5.74, 6) is -0.704. The summed E-state index contributed by atoms with van der Waals surface area (Å²) >= 11 is 1.60. The second kappa shape index (κ2) is 24.3. The maximum Gasteiger partial charge on any atom is 0.254 e. The van der Waals surface area contributed by atoms with Gasteiger partial charge in [0.2, 0.25) is 23.6 Å². The van der Waals surface area contributed by atoms with Crippen LogP contribution >= 0.6 is 11.3 Å². The van der Waals surface area contributed by atoms with Crippen LogP contribution in [0.3, 0.4) is 0 Å². The number of amides is 5. The minimum atomic E-state index is -0.759. The Morgan fingerprint density at radius 3 is 2.32 bits per heavy atom. The zero-order valence-corrected chi connectivity index (χ0v) is 44.8. The van der Waals surface area contributed by atoms with Gasteiger partial charge in [-0.2, -0.15) is 5.10 Å². The molecule has 0 bridgehead atoms. The summed E-state index contributed by atoms with van der Waals surface area (Å²) in [5, 5.41) is 19.1. The Balaban J connectivity index is 0.632. The van der Waals surface area contributed by atoms with Crippen molar-refractivity contribution in [1.29, 1.82) is 0 Å². The normalized spacial score (nSPS) is 16.5. The molecule has 3 fully saturated rings. The predicted molar refractivity (Wildman–Crippen MR) is 290 cm³/mol. The van der Waals surface area contributed by atoms with E-state index < -0.39 is 23.3 Å². The van der Waals surface area contributed by atoms with Crippen LogP contribution in [0.1, 0.15) is 125 Å². The first-order valence-corrected chi connectivity index (χ1v) is 27.7. The van der Waals surface area contributed by atoms with Crippen molar-refractivity contribution in [3.8, 4) is 21.7 Å². The molecule has 2 saturated heterocycles. The van der Waals surface area contributed by atoms with Gasteiger partial charge in [0.15, 0.2) is 11.5 Å². The number of anilines is 2. The molecule has 76 heavy (non-hydrogen) atoms. The van der Waals surface area contributed by atoms with Gasteiger partial charge in [-0.15, -0.1) is 11.3 Å². The second-order valence-electron chi connectivity index (χ2n) is 21.5. The van der Waals surface area contributed by atoms with Crippen LogP contribution in [0.4, 0.5) is 15.9 Å². The van der Waals surface area contributed by atoms with Gasteiger partial charge in [0, 0.05) is 81.7 Å². The van der Waals surface area contributed by atoms with Gasteiger partial charge in [-0.1, -0.05) is 70.7 Å². The topological polar surface area (TPSA) is 215 Å². The van der Waals surface area contributed by atoms with E-state index in [-0.39, 0.29) is 47.3 Å². The summed E-state index contributed by atoms with van der Waals surface area (Å²) < 4.78 is 17.6. The SMILES string of the molecule is Cc1ncsc1-c1ccc(CNC(=O)[C@@H]2CCCN2C(=O)[C@@H](NC(=O)CCCCCCCCNC(=O)CN2CCN(C(=O)c3ccc(Nc4nc(C5CC5)cn5c(-c6cn[nH]c6)cnc45)c(F)c3)CC2)C(C)(C)C)cc1. The maximum absolute atomic E-state index is 15.7. The molecule has 0 unspecified atom stereocenters. The maximum atomic E-state index is 15.7. The minimum Gasteiger partial charge on any atom is -0.355 e. The molecular weight excluding hydrogens is 986 g/mol. The number of imidazole rings is 1. The number of hydrogen-bond acceptors (Lipinski definition) is 12. The summed E-state index contributed by atoms with van der Waals surface area (Å²) in [7, 11) is 0. The Morgan fingerprint density at radius 2 is 1.62 bits per heavy atom. The number of benzene rings is 2. The van der Waals surface area contributed by atoms with Gasteiger partial charge in [-0.05, 0) is 80.2 Å². The number of halogens is 1. The first kappa shape index (κ1) is 53.8. The number of H-pyrrole nitrogens is 1. The Morgan fingerprint density at radius 1 is 0.855 bits per heavy atom. The van der Waals surface area contributed by atoms with Gasteiger partial charge in [-0.3, -0.25) is 38.4 Å². The molecule has 3 aliphatic rings. The lowest BCUT2D eigenvalue weighted by molar-refractivity contribution is -0.143. The highest BCUT2D eigenvalue weighted by atomic mass is 32.1. The van der Waals surface area contributed by atoms with E-state index in [4.69, 9.17) is 4.98 Å². The second-order valence-corrected chi connectivity index (χ2v) is 22.3. The van der Waals surface area contributed by atoms with Gasteiger partial charge in [0.1, 0.15) is 17.9 Å². The number of carbonyl (C=O) groups is 5. The molecule has 4 aromatic heterocycles. The molecule has 0 spiro atoms. The Kier molecular flexibility index (Phi) is 17.2. The number of aryl methyl sites for hydroxylation is 1. The molecule has 20 heteroatoms. The highest BCUT2D eigenvalue weighted by Gasteiger charge is 2.42. The molecule has 5 amide bonds. The lowest BCUT2D eigenvalue weighted by Gasteiger charge is -2.35. The van der Waals surface area contributed by atoms with E-state index >= 15 is 4.39 Å². The van der Waals surface area contributed by atoms with Gasteiger partial charge in [-0.25, -0.2) is 19.3 Å². The number of likely N-dealkylation sites (tertiary alicyclic amines) is 1. The molecule has 2 aliphatic heterocycles. The quantitative estimate of drug-likeness (QED) is 0.0415. The summed E-state index contributed by atoms with van der Waals surface area (Å²) in [4.78, 5) is 87.2. The average Bonchev–Trinajstić information content (AvgIpc) is 3.84. The van der Waals surface area contributed by atoms with E-state index in [1.165, 1.54) is 6.07 Å². The van der Waals surface area contributed by atoms with Gasteiger partial charge in [0.05, 0.1) is 52.1 Å². The number of aromatic amines is 1. The number of rotatable bonds is 22. The fraction of sp³-hybridized carbons (Fsp3) is 0.482. The molecule has 2 atom stereocenters. The van der Waals surface area contributed by atoms with E-state index in [1.54, 1.807) is 51.9 Å². The third-order valence-corrected chi connectivity index (χ3v) is 15.6. The van der Waals surface area contributed by atoms with E-state index in [9.17, 15) is 24.0 Å². The summed E-state index contributed by atoms with van der Waals surface area (Å²) in [6.07, 6.45) is 16.2. The monoisotopic (exact) mass is 1060 g/mol. The molecule has 0 radical (unpaired) electrons. The highest BCUT2D eigenvalue weighted by Crippen LogP contribution is 2.41. The zero-order valence-electron chi connectivity index (χ0n) is 44.0. The van der Waals surface area contributed by atoms with Crippen LogP contribution in [-0.2, 0) is 25.7 Å². The van der Waals surface area contributed by atoms with Crippen LogP contribution in [0.5, 0.6) is 0 Å². The van der Waals surface area contributed by atoms with E-state index in [0.717, 1.165) is 90.0 Å². The molecule has 5 N–H and O–H groups in total. The van der Waals surface area contributed by atoms with Gasteiger partial charge >= 0.3 is 0 Å². The van der Waals surface area contributed by atoms with Crippen molar-refractivity contribution >= 4 is 58.0 Å². The van der Waals surface area contributed by atoms with Crippen molar-refractivity contribution in [2.75, 3.05) is 51.1 Å². The van der Waals surface area contributed by atoms with Crippen molar-refractivity contribution in [3.63, 3.8) is 0 Å². The molecular formula is C56H70FN13O5S. The standard InChI is InChI=1S/C56H70FN13O5S/c1-36-49(76-35-61-36)39-16-14-37(15-17-39)29-60-53(73)45-12-11-23-69(45)55(75)50(56(2,3)4)66-47(71)13-9-7-5-6-8-10-22-58-48(72)34-67-24-26-68(27-25-67)54(74)40-20-21-43(42(57)28-40)64-51-52-59-32-46(41-30-62-63-31-41)70(52)33-44(65-51)38-18-19-38/h14-17,20-21,28,30-33,35,38,45,50H,5-13,18-19,22-27,29,34H2,1-4H3,(H,58,72)(H,60,73)(H,62,63)(H,64,65)(H,66,71)/t45-,50+/m0/s1. The van der Waals surface area contributed by atoms with Gasteiger partial charge in [0.25, 0.3) is 5.91 Å². The third-order valence-electron chi connectivity index (χ3n) is 14.6. The molecule has 2 aromatic carbocycles. The number of thiazole rings is 1. The van der Waals surface area contributed by atoms with Crippen molar-refractivity contribution < 1.29 is 28.4 Å². The highest BCUT2D eigenvalue weighted by molar-refractivity contribution is 7.13. The van der Waals surface area contributed by atoms with E-state index in [1.807, 2.05) is 73.0 Å². The zero-order chi connectivity index (χ0) is 53.3. The number of nitrogens with one attached hydrogen (secondary N) is 5. The van der Waals surface area contributed by atoms with Crippen LogP contribution in [0.15, 0.2) is 72.8 Å². The molecule has 1 aliphatic carbocycles. The van der Waals surface area contributed by atoms with Crippen LogP contribution in [0.2, 0.25) is 0 Å². The number of piperazine rings is 1. The van der Waals surface area contributed by atoms with E-state index in [0.29, 0.717) is 82.5 Å². The number of fused-ring (bicyclic) bond motifs is 1. The number of unbranched alkanes of at least 4 members (excludes halogenated alkanes) is 5. The lowest BCUT2D eigenvalue weighted by Crippen LogP contribution is -2.57. The van der Waals surface area contributed by atoms with Crippen LogP contribution in [0, 0.1) is 18.2 Å². The lowest BCUT2D eigenvalue weighted by atomic mass is 9.85. The van der Waals surface area contributed by atoms with Crippen LogP contribution in [-0.4, -0.2) is 132 Å². The van der Waals surface area contributed by atoms with Crippen molar-refractivity contribution in [1.82, 2.24) is 60.2 Å². The molecule has 6 heterocycles. The van der Waals surface area contributed by atoms with Crippen molar-refractivity contribution in [2.45, 2.75) is 123 Å². The minimum absolute atomic E-state index is 0.0609. The largest absolute Gasteiger partial charge is 0.355 e. The Bertz CT molecular complexity index is 2990.